The van der Waals surface area contributed by atoms with Crippen molar-refractivity contribution in [3.63, 3.8) is 0 Å². The Morgan fingerprint density at radius 3 is 2.62 bits per heavy atom. The Hall–Kier alpha value is -1.14. The maximum Gasteiger partial charge on any atom is 0.107 e. The highest BCUT2D eigenvalue weighted by atomic mass is 79.9. The van der Waals surface area contributed by atoms with Gasteiger partial charge in [-0.05, 0) is 39.2 Å². The highest BCUT2D eigenvalue weighted by Crippen LogP contribution is 2.31. The first-order valence-corrected chi connectivity index (χ1v) is 8.44. The molecule has 108 valence electrons. The quantitative estimate of drug-likeness (QED) is 0.662. The minimum Gasteiger partial charge on any atom is -0.308 e. The van der Waals surface area contributed by atoms with Crippen LogP contribution in [0.25, 0.3) is 11.3 Å². The number of nitrogens with zero attached hydrogens (tertiary/aromatic N) is 1. The third-order valence-corrected chi connectivity index (χ3v) is 5.56. The van der Waals surface area contributed by atoms with E-state index in [4.69, 9.17) is 11.6 Å². The summed E-state index contributed by atoms with van der Waals surface area (Å²) in [6.07, 6.45) is 1.76. The van der Waals surface area contributed by atoms with Crippen LogP contribution in [0.15, 0.2) is 47.1 Å². The van der Waals surface area contributed by atoms with Crippen molar-refractivity contribution < 1.29 is 0 Å². The van der Waals surface area contributed by atoms with Gasteiger partial charge < -0.3 is 5.32 Å². The van der Waals surface area contributed by atoms with Gasteiger partial charge in [0, 0.05) is 28.6 Å². The first-order valence-electron chi connectivity index (χ1n) is 6.45. The lowest BCUT2D eigenvalue weighted by atomic mass is 10.1. The van der Waals surface area contributed by atoms with Crippen molar-refractivity contribution in [2.24, 2.45) is 0 Å². The Labute approximate surface area is 140 Å². The van der Waals surface area contributed by atoms with Gasteiger partial charge in [0.15, 0.2) is 0 Å². The van der Waals surface area contributed by atoms with Crippen LogP contribution < -0.4 is 5.32 Å². The number of aromatic nitrogens is 2. The second-order valence-electron chi connectivity index (χ2n) is 4.61. The first kappa shape index (κ1) is 14.8. The summed E-state index contributed by atoms with van der Waals surface area (Å²) in [5.74, 6) is 0. The van der Waals surface area contributed by atoms with Crippen LogP contribution in [0.3, 0.4) is 0 Å². The molecule has 2 heterocycles. The van der Waals surface area contributed by atoms with Crippen molar-refractivity contribution in [3.05, 3.63) is 61.8 Å². The van der Waals surface area contributed by atoms with E-state index in [1.165, 1.54) is 10.4 Å². The standard InChI is InChI=1S/C15H13BrClN3S/c16-13-7-12(21-15(13)17)9-18-8-10-1-3-11(4-2-10)14-5-6-19-20-14/h1-7,18H,8-9H2,(H,19,20). The SMILES string of the molecule is Clc1sc(CNCc2ccc(-c3ccn[nH]3)cc2)cc1Br. The maximum atomic E-state index is 6.03. The second kappa shape index (κ2) is 6.75. The molecule has 3 aromatic rings. The monoisotopic (exact) mass is 381 g/mol. The largest absolute Gasteiger partial charge is 0.308 e. The van der Waals surface area contributed by atoms with Gasteiger partial charge in [0.05, 0.1) is 5.69 Å². The molecule has 0 fully saturated rings. The Balaban J connectivity index is 1.56. The van der Waals surface area contributed by atoms with Crippen LogP contribution >= 0.6 is 38.9 Å². The molecule has 1 aromatic carbocycles. The van der Waals surface area contributed by atoms with Gasteiger partial charge in [0.2, 0.25) is 0 Å². The Morgan fingerprint density at radius 1 is 1.19 bits per heavy atom. The predicted molar refractivity (Wildman–Crippen MR) is 91.6 cm³/mol. The van der Waals surface area contributed by atoms with E-state index in [2.05, 4.69) is 61.8 Å². The van der Waals surface area contributed by atoms with Gasteiger partial charge >= 0.3 is 0 Å². The van der Waals surface area contributed by atoms with Crippen molar-refractivity contribution in [2.45, 2.75) is 13.1 Å². The summed E-state index contributed by atoms with van der Waals surface area (Å²) >= 11 is 11.0. The predicted octanol–water partition coefficient (Wildman–Crippen LogP) is 4.84. The van der Waals surface area contributed by atoms with Gasteiger partial charge in [-0.1, -0.05) is 35.9 Å². The Kier molecular flexibility index (Phi) is 4.75. The maximum absolute atomic E-state index is 6.03. The zero-order valence-corrected chi connectivity index (χ0v) is 14.2. The van der Waals surface area contributed by atoms with Gasteiger partial charge in [-0.25, -0.2) is 0 Å². The number of hydrogen-bond acceptors (Lipinski definition) is 3. The summed E-state index contributed by atoms with van der Waals surface area (Å²) < 4.78 is 1.77. The van der Waals surface area contributed by atoms with Crippen molar-refractivity contribution >= 4 is 38.9 Å². The van der Waals surface area contributed by atoms with Gasteiger partial charge in [-0.15, -0.1) is 11.3 Å². The smallest absolute Gasteiger partial charge is 0.107 e. The van der Waals surface area contributed by atoms with E-state index in [9.17, 15) is 0 Å². The van der Waals surface area contributed by atoms with E-state index in [1.807, 2.05) is 6.07 Å². The van der Waals surface area contributed by atoms with Crippen LogP contribution in [-0.2, 0) is 13.1 Å². The summed E-state index contributed by atoms with van der Waals surface area (Å²) in [7, 11) is 0. The van der Waals surface area contributed by atoms with Crippen molar-refractivity contribution in [1.82, 2.24) is 15.5 Å². The summed E-state index contributed by atoms with van der Waals surface area (Å²) in [5, 5.41) is 10.3. The lowest BCUT2D eigenvalue weighted by Gasteiger charge is -2.04. The number of benzene rings is 1. The molecular formula is C15H13BrClN3S. The number of hydrogen-bond donors (Lipinski definition) is 2. The Bertz CT molecular complexity index is 688. The highest BCUT2D eigenvalue weighted by Gasteiger charge is 2.04. The van der Waals surface area contributed by atoms with Gasteiger partial charge in [-0.3, -0.25) is 5.10 Å². The van der Waals surface area contributed by atoms with E-state index in [0.29, 0.717) is 0 Å². The summed E-state index contributed by atoms with van der Waals surface area (Å²) in [6, 6.07) is 12.5. The third kappa shape index (κ3) is 3.74. The van der Waals surface area contributed by atoms with Crippen LogP contribution in [0.4, 0.5) is 0 Å². The molecule has 0 unspecified atom stereocenters. The fourth-order valence-corrected chi connectivity index (χ4v) is 3.79. The molecule has 0 aliphatic heterocycles. The molecule has 0 aliphatic carbocycles. The molecule has 0 saturated carbocycles. The van der Waals surface area contributed by atoms with E-state index >= 15 is 0 Å². The lowest BCUT2D eigenvalue weighted by molar-refractivity contribution is 0.701. The molecule has 0 bridgehead atoms. The molecule has 0 spiro atoms. The lowest BCUT2D eigenvalue weighted by Crippen LogP contribution is -2.11. The first-order chi connectivity index (χ1) is 10.2. The minimum atomic E-state index is 0.802. The molecule has 0 radical (unpaired) electrons. The molecule has 6 heteroatoms. The summed E-state index contributed by atoms with van der Waals surface area (Å²) in [5.41, 5.74) is 3.43. The van der Waals surface area contributed by atoms with Gasteiger partial charge in [0.25, 0.3) is 0 Å². The highest BCUT2D eigenvalue weighted by molar-refractivity contribution is 9.10. The average molecular weight is 383 g/mol. The van der Waals surface area contributed by atoms with E-state index in [0.717, 1.165) is 33.2 Å². The molecule has 0 atom stereocenters. The molecule has 3 rings (SSSR count). The number of thiophene rings is 1. The minimum absolute atomic E-state index is 0.802. The van der Waals surface area contributed by atoms with Gasteiger partial charge in [0.1, 0.15) is 4.34 Å². The molecule has 0 saturated heterocycles. The van der Waals surface area contributed by atoms with E-state index in [-0.39, 0.29) is 0 Å². The van der Waals surface area contributed by atoms with Crippen LogP contribution in [0.1, 0.15) is 10.4 Å². The molecule has 2 aromatic heterocycles. The molecule has 21 heavy (non-hydrogen) atoms. The van der Waals surface area contributed by atoms with Crippen LogP contribution in [0.2, 0.25) is 4.34 Å². The fraction of sp³-hybridized carbons (Fsp3) is 0.133. The number of aromatic amines is 1. The van der Waals surface area contributed by atoms with Gasteiger partial charge in [-0.2, -0.15) is 5.10 Å². The third-order valence-electron chi connectivity index (χ3n) is 3.09. The van der Waals surface area contributed by atoms with Crippen molar-refractivity contribution in [3.8, 4) is 11.3 Å². The second-order valence-corrected chi connectivity index (χ2v) is 7.20. The number of halogens is 2. The van der Waals surface area contributed by atoms with Crippen LogP contribution in [0.5, 0.6) is 0 Å². The Morgan fingerprint density at radius 2 is 2.00 bits per heavy atom. The molecular weight excluding hydrogens is 370 g/mol. The molecule has 0 aliphatic rings. The number of H-pyrrole nitrogens is 1. The molecule has 0 amide bonds. The zero-order valence-electron chi connectivity index (χ0n) is 11.1. The summed E-state index contributed by atoms with van der Waals surface area (Å²) in [4.78, 5) is 1.22. The molecule has 3 nitrogen and oxygen atoms in total. The van der Waals surface area contributed by atoms with Crippen molar-refractivity contribution in [2.75, 3.05) is 0 Å². The normalized spacial score (nSPS) is 11.0. The van der Waals surface area contributed by atoms with Crippen molar-refractivity contribution in [1.29, 1.82) is 0 Å². The summed E-state index contributed by atoms with van der Waals surface area (Å²) in [6.45, 7) is 1.65. The van der Waals surface area contributed by atoms with Crippen LogP contribution in [0, 0.1) is 0 Å². The topological polar surface area (TPSA) is 40.7 Å². The van der Waals surface area contributed by atoms with E-state index in [1.54, 1.807) is 17.5 Å². The van der Waals surface area contributed by atoms with Crippen LogP contribution in [-0.4, -0.2) is 10.2 Å². The zero-order chi connectivity index (χ0) is 14.7. The molecule has 2 N–H and O–H groups in total. The van der Waals surface area contributed by atoms with E-state index < -0.39 is 0 Å². The fourth-order valence-electron chi connectivity index (χ4n) is 2.03. The number of rotatable bonds is 5. The average Bonchev–Trinajstić information content (AvgIpc) is 3.11. The number of nitrogens with one attached hydrogen (secondary N) is 2.